The lowest BCUT2D eigenvalue weighted by Gasteiger charge is -2.35. The first kappa shape index (κ1) is 17.3. The van der Waals surface area contributed by atoms with E-state index >= 15 is 0 Å². The molecule has 0 radical (unpaired) electrons. The number of ether oxygens (including phenoxy) is 1. The van der Waals surface area contributed by atoms with Gasteiger partial charge in [-0.2, -0.15) is 0 Å². The summed E-state index contributed by atoms with van der Waals surface area (Å²) in [5, 5.41) is 3.06. The van der Waals surface area contributed by atoms with Crippen LogP contribution in [0.3, 0.4) is 0 Å². The fourth-order valence-corrected chi connectivity index (χ4v) is 3.26. The standard InChI is InChI=1S/C20H25N3O2/c1-25-17-10-8-16(9-11-17)12-14-22-20(24)23-15-5-3-7-19(23)18-6-2-4-13-21-18/h2,4,6,8-11,13,19H,3,5,7,12,14-15H2,1H3,(H,22,24)/t19-/m1/s1. The molecule has 25 heavy (non-hydrogen) atoms. The molecule has 0 bridgehead atoms. The molecular weight excluding hydrogens is 314 g/mol. The van der Waals surface area contributed by atoms with Crippen molar-refractivity contribution in [2.45, 2.75) is 31.7 Å². The lowest BCUT2D eigenvalue weighted by atomic mass is 9.99. The average Bonchev–Trinajstić information content (AvgIpc) is 2.69. The van der Waals surface area contributed by atoms with Crippen LogP contribution in [0.25, 0.3) is 0 Å². The minimum Gasteiger partial charge on any atom is -0.497 e. The molecule has 132 valence electrons. The van der Waals surface area contributed by atoms with E-state index in [1.807, 2.05) is 47.4 Å². The predicted molar refractivity (Wildman–Crippen MR) is 97.6 cm³/mol. The number of urea groups is 1. The molecule has 1 aliphatic heterocycles. The molecule has 1 fully saturated rings. The van der Waals surface area contributed by atoms with E-state index in [4.69, 9.17) is 4.74 Å². The van der Waals surface area contributed by atoms with Crippen LogP contribution in [-0.4, -0.2) is 36.1 Å². The molecule has 1 N–H and O–H groups in total. The molecule has 1 aromatic carbocycles. The lowest BCUT2D eigenvalue weighted by molar-refractivity contribution is 0.150. The van der Waals surface area contributed by atoms with Crippen molar-refractivity contribution >= 4 is 6.03 Å². The summed E-state index contributed by atoms with van der Waals surface area (Å²) < 4.78 is 5.16. The van der Waals surface area contributed by atoms with E-state index in [1.165, 1.54) is 5.56 Å². The Hall–Kier alpha value is -2.56. The first-order valence-corrected chi connectivity index (χ1v) is 8.86. The number of likely N-dealkylation sites (tertiary alicyclic amines) is 1. The van der Waals surface area contributed by atoms with Crippen molar-refractivity contribution in [2.24, 2.45) is 0 Å². The van der Waals surface area contributed by atoms with Gasteiger partial charge in [0, 0.05) is 19.3 Å². The smallest absolute Gasteiger partial charge is 0.317 e. The monoisotopic (exact) mass is 339 g/mol. The van der Waals surface area contributed by atoms with Gasteiger partial charge in [-0.25, -0.2) is 4.79 Å². The molecule has 1 saturated heterocycles. The summed E-state index contributed by atoms with van der Waals surface area (Å²) in [7, 11) is 1.66. The normalized spacial score (nSPS) is 17.2. The first-order chi connectivity index (χ1) is 12.3. The average molecular weight is 339 g/mol. The van der Waals surface area contributed by atoms with Gasteiger partial charge in [0.15, 0.2) is 0 Å². The van der Waals surface area contributed by atoms with Crippen LogP contribution in [0.2, 0.25) is 0 Å². The number of amides is 2. The minimum absolute atomic E-state index is 0.00358. The maximum atomic E-state index is 12.6. The number of nitrogens with one attached hydrogen (secondary N) is 1. The van der Waals surface area contributed by atoms with Gasteiger partial charge in [-0.15, -0.1) is 0 Å². The highest BCUT2D eigenvalue weighted by molar-refractivity contribution is 5.74. The van der Waals surface area contributed by atoms with Crippen LogP contribution in [-0.2, 0) is 6.42 Å². The van der Waals surface area contributed by atoms with Gasteiger partial charge in [0.1, 0.15) is 5.75 Å². The van der Waals surface area contributed by atoms with Crippen molar-refractivity contribution < 1.29 is 9.53 Å². The van der Waals surface area contributed by atoms with E-state index in [-0.39, 0.29) is 12.1 Å². The third-order valence-corrected chi connectivity index (χ3v) is 4.64. The van der Waals surface area contributed by atoms with Crippen LogP contribution >= 0.6 is 0 Å². The summed E-state index contributed by atoms with van der Waals surface area (Å²) >= 11 is 0. The molecule has 2 heterocycles. The fraction of sp³-hybridized carbons (Fsp3) is 0.400. The summed E-state index contributed by atoms with van der Waals surface area (Å²) in [4.78, 5) is 19.0. The molecular formula is C20H25N3O2. The number of carbonyl (C=O) groups is 1. The van der Waals surface area contributed by atoms with Gasteiger partial charge in [0.25, 0.3) is 0 Å². The number of nitrogens with zero attached hydrogens (tertiary/aromatic N) is 2. The van der Waals surface area contributed by atoms with Crippen LogP contribution in [0.4, 0.5) is 4.79 Å². The number of carbonyl (C=O) groups excluding carboxylic acids is 1. The summed E-state index contributed by atoms with van der Waals surface area (Å²) in [6.07, 6.45) is 5.76. The molecule has 0 spiro atoms. The molecule has 1 aliphatic rings. The van der Waals surface area contributed by atoms with E-state index in [1.54, 1.807) is 13.3 Å². The zero-order chi connectivity index (χ0) is 17.5. The van der Waals surface area contributed by atoms with Crippen molar-refractivity contribution in [3.05, 3.63) is 59.9 Å². The van der Waals surface area contributed by atoms with Crippen LogP contribution in [0, 0.1) is 0 Å². The van der Waals surface area contributed by atoms with Gasteiger partial charge < -0.3 is 15.0 Å². The number of methoxy groups -OCH3 is 1. The third-order valence-electron chi connectivity index (χ3n) is 4.64. The fourth-order valence-electron chi connectivity index (χ4n) is 3.26. The summed E-state index contributed by atoms with van der Waals surface area (Å²) in [5.41, 5.74) is 2.16. The topological polar surface area (TPSA) is 54.5 Å². The molecule has 0 unspecified atom stereocenters. The van der Waals surface area contributed by atoms with E-state index in [2.05, 4.69) is 10.3 Å². The number of hydrogen-bond donors (Lipinski definition) is 1. The van der Waals surface area contributed by atoms with E-state index in [0.717, 1.165) is 43.7 Å². The maximum absolute atomic E-state index is 12.6. The molecule has 0 saturated carbocycles. The Morgan fingerprint density at radius 1 is 1.24 bits per heavy atom. The Labute approximate surface area is 149 Å². The molecule has 2 aromatic rings. The zero-order valence-corrected chi connectivity index (χ0v) is 14.6. The SMILES string of the molecule is COc1ccc(CCNC(=O)N2CCCC[C@@H]2c2ccccn2)cc1. The molecule has 1 atom stereocenters. The Morgan fingerprint density at radius 3 is 2.80 bits per heavy atom. The number of aromatic nitrogens is 1. The Kier molecular flexibility index (Phi) is 5.88. The van der Waals surface area contributed by atoms with Crippen molar-refractivity contribution in [1.82, 2.24) is 15.2 Å². The van der Waals surface area contributed by atoms with E-state index < -0.39 is 0 Å². The second-order valence-electron chi connectivity index (χ2n) is 6.29. The number of rotatable bonds is 5. The van der Waals surface area contributed by atoms with Gasteiger partial charge in [-0.1, -0.05) is 18.2 Å². The number of piperidine rings is 1. The molecule has 3 rings (SSSR count). The van der Waals surface area contributed by atoms with Crippen molar-refractivity contribution in [2.75, 3.05) is 20.2 Å². The Morgan fingerprint density at radius 2 is 2.08 bits per heavy atom. The highest BCUT2D eigenvalue weighted by Crippen LogP contribution is 2.29. The molecule has 1 aromatic heterocycles. The first-order valence-electron chi connectivity index (χ1n) is 8.86. The van der Waals surface area contributed by atoms with Gasteiger partial charge in [0.2, 0.25) is 0 Å². The second-order valence-corrected chi connectivity index (χ2v) is 6.29. The molecule has 5 nitrogen and oxygen atoms in total. The highest BCUT2D eigenvalue weighted by Gasteiger charge is 2.28. The predicted octanol–water partition coefficient (Wildman–Crippen LogP) is 3.57. The second kappa shape index (κ2) is 8.51. The van der Waals surface area contributed by atoms with Crippen molar-refractivity contribution in [3.8, 4) is 5.75 Å². The molecule has 2 amide bonds. The molecule has 0 aliphatic carbocycles. The van der Waals surface area contributed by atoms with Gasteiger partial charge >= 0.3 is 6.03 Å². The molecule has 5 heteroatoms. The Bertz CT molecular complexity index is 673. The summed E-state index contributed by atoms with van der Waals surface area (Å²) in [6.45, 7) is 1.41. The quantitative estimate of drug-likeness (QED) is 0.906. The summed E-state index contributed by atoms with van der Waals surface area (Å²) in [5.74, 6) is 0.847. The summed E-state index contributed by atoms with van der Waals surface area (Å²) in [6, 6.07) is 13.9. The largest absolute Gasteiger partial charge is 0.497 e. The van der Waals surface area contributed by atoms with Gasteiger partial charge in [-0.05, 0) is 55.5 Å². The van der Waals surface area contributed by atoms with Crippen LogP contribution in [0.15, 0.2) is 48.7 Å². The Balaban J connectivity index is 1.55. The van der Waals surface area contributed by atoms with E-state index in [0.29, 0.717) is 6.54 Å². The van der Waals surface area contributed by atoms with Gasteiger partial charge in [-0.3, -0.25) is 4.98 Å². The lowest BCUT2D eigenvalue weighted by Crippen LogP contribution is -2.45. The zero-order valence-electron chi connectivity index (χ0n) is 14.6. The minimum atomic E-state index is 0.00358. The van der Waals surface area contributed by atoms with E-state index in [9.17, 15) is 4.79 Å². The van der Waals surface area contributed by atoms with Crippen LogP contribution < -0.4 is 10.1 Å². The van der Waals surface area contributed by atoms with Crippen molar-refractivity contribution in [1.29, 1.82) is 0 Å². The van der Waals surface area contributed by atoms with Crippen LogP contribution in [0.5, 0.6) is 5.75 Å². The number of hydrogen-bond acceptors (Lipinski definition) is 3. The van der Waals surface area contributed by atoms with Crippen LogP contribution in [0.1, 0.15) is 36.6 Å². The number of benzene rings is 1. The highest BCUT2D eigenvalue weighted by atomic mass is 16.5. The maximum Gasteiger partial charge on any atom is 0.317 e. The van der Waals surface area contributed by atoms with Crippen molar-refractivity contribution in [3.63, 3.8) is 0 Å². The third kappa shape index (κ3) is 4.50. The van der Waals surface area contributed by atoms with Gasteiger partial charge in [0.05, 0.1) is 18.8 Å². The number of pyridine rings is 1.